The van der Waals surface area contributed by atoms with Crippen LogP contribution in [0.2, 0.25) is 0 Å². The van der Waals surface area contributed by atoms with Gasteiger partial charge in [0.25, 0.3) is 5.91 Å². The van der Waals surface area contributed by atoms with Crippen molar-refractivity contribution in [2.75, 3.05) is 56.8 Å². The van der Waals surface area contributed by atoms with Crippen molar-refractivity contribution in [2.45, 2.75) is 6.92 Å². The van der Waals surface area contributed by atoms with Crippen LogP contribution >= 0.6 is 0 Å². The summed E-state index contributed by atoms with van der Waals surface area (Å²) in [4.78, 5) is 23.7. The molecule has 0 radical (unpaired) electrons. The second kappa shape index (κ2) is 8.41. The largest absolute Gasteiger partial charge is 0.454 e. The van der Waals surface area contributed by atoms with Gasteiger partial charge in [0.15, 0.2) is 11.5 Å². The molecule has 2 aliphatic heterocycles. The fraction of sp³-hybridized carbons (Fsp3) is 0.421. The van der Waals surface area contributed by atoms with Gasteiger partial charge in [-0.15, -0.1) is 0 Å². The van der Waals surface area contributed by atoms with E-state index in [1.807, 2.05) is 6.92 Å². The summed E-state index contributed by atoms with van der Waals surface area (Å²) in [7, 11) is 0. The van der Waals surface area contributed by atoms with E-state index in [1.54, 1.807) is 24.3 Å². The lowest BCUT2D eigenvalue weighted by Gasteiger charge is -2.26. The molecule has 28 heavy (non-hydrogen) atoms. The van der Waals surface area contributed by atoms with Gasteiger partial charge in [0, 0.05) is 43.6 Å². The molecule has 1 amide bonds. The Labute approximate surface area is 163 Å². The number of benzene rings is 1. The first kappa shape index (κ1) is 18.5. The highest BCUT2D eigenvalue weighted by Gasteiger charge is 2.16. The van der Waals surface area contributed by atoms with Crippen molar-refractivity contribution in [3.05, 3.63) is 35.7 Å². The van der Waals surface area contributed by atoms with Crippen molar-refractivity contribution in [1.82, 2.24) is 14.9 Å². The van der Waals surface area contributed by atoms with Gasteiger partial charge in [-0.1, -0.05) is 0 Å². The number of anilines is 2. The van der Waals surface area contributed by atoms with Gasteiger partial charge in [-0.05, 0) is 25.1 Å². The van der Waals surface area contributed by atoms with Crippen LogP contribution in [0.5, 0.6) is 11.5 Å². The van der Waals surface area contributed by atoms with E-state index in [9.17, 15) is 4.79 Å². The number of aryl methyl sites for hydroxylation is 1. The van der Waals surface area contributed by atoms with E-state index < -0.39 is 0 Å². The Balaban J connectivity index is 1.37. The summed E-state index contributed by atoms with van der Waals surface area (Å²) in [6.07, 6.45) is 0. The van der Waals surface area contributed by atoms with Crippen molar-refractivity contribution in [3.63, 3.8) is 0 Å². The first-order chi connectivity index (χ1) is 13.7. The molecule has 2 aromatic rings. The smallest absolute Gasteiger partial charge is 0.274 e. The molecule has 0 spiro atoms. The van der Waals surface area contributed by atoms with E-state index >= 15 is 0 Å². The number of morpholine rings is 1. The molecule has 0 atom stereocenters. The zero-order valence-corrected chi connectivity index (χ0v) is 15.7. The number of hydrogen-bond donors (Lipinski definition) is 2. The molecule has 3 heterocycles. The van der Waals surface area contributed by atoms with Crippen LogP contribution in [0, 0.1) is 6.92 Å². The molecule has 1 aromatic carbocycles. The van der Waals surface area contributed by atoms with Gasteiger partial charge in [0.1, 0.15) is 5.69 Å². The van der Waals surface area contributed by atoms with E-state index in [4.69, 9.17) is 14.2 Å². The minimum absolute atomic E-state index is 0.192. The number of nitrogens with one attached hydrogen (secondary N) is 2. The third kappa shape index (κ3) is 4.49. The molecular weight excluding hydrogens is 362 g/mol. The van der Waals surface area contributed by atoms with E-state index in [0.29, 0.717) is 35.4 Å². The Kier molecular flexibility index (Phi) is 5.54. The standard InChI is InChI=1S/C19H23N5O4/c1-13-10-15(18(25)22-14-2-3-16-17(11-14)28-12-27-16)23-19(21-13)20-4-5-24-6-8-26-9-7-24/h2-3,10-11H,4-9,12H2,1H3,(H,22,25)(H,20,21,23). The Bertz CT molecular complexity index is 854. The lowest BCUT2D eigenvalue weighted by molar-refractivity contribution is 0.0398. The summed E-state index contributed by atoms with van der Waals surface area (Å²) in [5, 5.41) is 6.04. The van der Waals surface area contributed by atoms with Crippen LogP contribution in [0.4, 0.5) is 11.6 Å². The van der Waals surface area contributed by atoms with Crippen LogP contribution < -0.4 is 20.1 Å². The molecule has 2 N–H and O–H groups in total. The fourth-order valence-electron chi connectivity index (χ4n) is 3.08. The van der Waals surface area contributed by atoms with Crippen molar-refractivity contribution in [3.8, 4) is 11.5 Å². The summed E-state index contributed by atoms with van der Waals surface area (Å²) in [5.74, 6) is 1.43. The Hall–Kier alpha value is -2.91. The second-order valence-electron chi connectivity index (χ2n) is 6.62. The number of carbonyl (C=O) groups is 1. The average molecular weight is 385 g/mol. The predicted molar refractivity (Wildman–Crippen MR) is 103 cm³/mol. The third-order valence-corrected chi connectivity index (χ3v) is 4.53. The highest BCUT2D eigenvalue weighted by Crippen LogP contribution is 2.34. The maximum atomic E-state index is 12.6. The zero-order valence-electron chi connectivity index (χ0n) is 15.7. The third-order valence-electron chi connectivity index (χ3n) is 4.53. The second-order valence-corrected chi connectivity index (χ2v) is 6.62. The summed E-state index contributed by atoms with van der Waals surface area (Å²) >= 11 is 0. The highest BCUT2D eigenvalue weighted by molar-refractivity contribution is 6.03. The monoisotopic (exact) mass is 385 g/mol. The molecule has 148 valence electrons. The minimum atomic E-state index is -0.305. The first-order valence-corrected chi connectivity index (χ1v) is 9.28. The van der Waals surface area contributed by atoms with E-state index in [1.165, 1.54) is 0 Å². The zero-order chi connectivity index (χ0) is 19.3. The van der Waals surface area contributed by atoms with Gasteiger partial charge in [0.2, 0.25) is 12.7 Å². The van der Waals surface area contributed by atoms with Crippen LogP contribution in [0.15, 0.2) is 24.3 Å². The lowest BCUT2D eigenvalue weighted by atomic mass is 10.2. The van der Waals surface area contributed by atoms with Crippen LogP contribution in [-0.4, -0.2) is 67.0 Å². The summed E-state index contributed by atoms with van der Waals surface area (Å²) < 4.78 is 16.0. The van der Waals surface area contributed by atoms with Crippen molar-refractivity contribution >= 4 is 17.5 Å². The molecule has 4 rings (SSSR count). The van der Waals surface area contributed by atoms with Crippen LogP contribution in [0.3, 0.4) is 0 Å². The molecule has 1 aromatic heterocycles. The summed E-state index contributed by atoms with van der Waals surface area (Å²) in [5.41, 5.74) is 1.64. The quantitative estimate of drug-likeness (QED) is 0.772. The minimum Gasteiger partial charge on any atom is -0.454 e. The van der Waals surface area contributed by atoms with Crippen molar-refractivity contribution in [2.24, 2.45) is 0 Å². The highest BCUT2D eigenvalue weighted by atomic mass is 16.7. The lowest BCUT2D eigenvalue weighted by Crippen LogP contribution is -2.39. The molecule has 9 heteroatoms. The number of aromatic nitrogens is 2. The SMILES string of the molecule is Cc1cc(C(=O)Nc2ccc3c(c2)OCO3)nc(NCCN2CCOCC2)n1. The Morgan fingerprint density at radius 1 is 1.14 bits per heavy atom. The molecule has 2 aliphatic rings. The fourth-order valence-corrected chi connectivity index (χ4v) is 3.08. The average Bonchev–Trinajstić information content (AvgIpc) is 3.16. The van der Waals surface area contributed by atoms with Gasteiger partial charge in [0.05, 0.1) is 13.2 Å². The molecular formula is C19H23N5O4. The Morgan fingerprint density at radius 2 is 1.96 bits per heavy atom. The molecule has 1 saturated heterocycles. The molecule has 0 unspecified atom stereocenters. The molecule has 0 aliphatic carbocycles. The Morgan fingerprint density at radius 3 is 2.82 bits per heavy atom. The number of hydrogen-bond acceptors (Lipinski definition) is 8. The van der Waals surface area contributed by atoms with Crippen molar-refractivity contribution < 1.29 is 19.0 Å². The van der Waals surface area contributed by atoms with E-state index in [-0.39, 0.29) is 12.7 Å². The number of nitrogens with zero attached hydrogens (tertiary/aromatic N) is 3. The van der Waals surface area contributed by atoms with Gasteiger partial charge in [-0.3, -0.25) is 9.69 Å². The number of fused-ring (bicyclic) bond motifs is 1. The molecule has 0 bridgehead atoms. The maximum Gasteiger partial charge on any atom is 0.274 e. The maximum absolute atomic E-state index is 12.6. The van der Waals surface area contributed by atoms with E-state index in [0.717, 1.165) is 38.5 Å². The summed E-state index contributed by atoms with van der Waals surface area (Å²) in [6.45, 7) is 7.00. The topological polar surface area (TPSA) is 97.8 Å². The van der Waals surface area contributed by atoms with Crippen molar-refractivity contribution in [1.29, 1.82) is 0 Å². The van der Waals surface area contributed by atoms with Crippen LogP contribution in [0.1, 0.15) is 16.2 Å². The summed E-state index contributed by atoms with van der Waals surface area (Å²) in [6, 6.07) is 6.92. The molecule has 0 saturated carbocycles. The number of carbonyl (C=O) groups excluding carboxylic acids is 1. The number of amides is 1. The predicted octanol–water partition coefficient (Wildman–Crippen LogP) is 1.51. The van der Waals surface area contributed by atoms with Gasteiger partial charge >= 0.3 is 0 Å². The van der Waals surface area contributed by atoms with Gasteiger partial charge < -0.3 is 24.8 Å². The van der Waals surface area contributed by atoms with Crippen LogP contribution in [0.25, 0.3) is 0 Å². The number of rotatable bonds is 6. The van der Waals surface area contributed by atoms with Gasteiger partial charge in [-0.2, -0.15) is 0 Å². The van der Waals surface area contributed by atoms with Crippen LogP contribution in [-0.2, 0) is 4.74 Å². The number of ether oxygens (including phenoxy) is 3. The normalized spacial score (nSPS) is 16.0. The first-order valence-electron chi connectivity index (χ1n) is 9.28. The van der Waals surface area contributed by atoms with Gasteiger partial charge in [-0.25, -0.2) is 9.97 Å². The molecule has 1 fully saturated rings. The molecule has 9 nitrogen and oxygen atoms in total. The van der Waals surface area contributed by atoms with E-state index in [2.05, 4.69) is 25.5 Å².